The van der Waals surface area contributed by atoms with Crippen molar-refractivity contribution in [1.29, 1.82) is 0 Å². The van der Waals surface area contributed by atoms with Crippen LogP contribution in [0.2, 0.25) is 0 Å². The molecule has 26 heavy (non-hydrogen) atoms. The van der Waals surface area contributed by atoms with E-state index in [1.165, 1.54) is 26.0 Å². The molecule has 140 valence electrons. The van der Waals surface area contributed by atoms with Gasteiger partial charge in [-0.05, 0) is 13.3 Å². The molecule has 0 atom stereocenters. The van der Waals surface area contributed by atoms with Crippen molar-refractivity contribution in [2.45, 2.75) is 53.1 Å². The van der Waals surface area contributed by atoms with E-state index in [-0.39, 0.29) is 11.5 Å². The number of rotatable bonds is 6. The van der Waals surface area contributed by atoms with Gasteiger partial charge >= 0.3 is 0 Å². The molecule has 0 bridgehead atoms. The van der Waals surface area contributed by atoms with E-state index in [0.29, 0.717) is 19.0 Å². The number of benzene rings is 1. The molecule has 0 aliphatic carbocycles. The summed E-state index contributed by atoms with van der Waals surface area (Å²) in [5.74, 6) is -3.25. The van der Waals surface area contributed by atoms with Crippen LogP contribution in [0.15, 0.2) is 24.3 Å². The van der Waals surface area contributed by atoms with Crippen molar-refractivity contribution in [3.8, 4) is 11.3 Å². The fourth-order valence-electron chi connectivity index (χ4n) is 3.32. The quantitative estimate of drug-likeness (QED) is 0.740. The fraction of sp³-hybridized carbons (Fsp3) is 0.500. The molecule has 2 aromatic rings. The molecule has 1 aromatic carbocycles. The highest BCUT2D eigenvalue weighted by Gasteiger charge is 2.36. The van der Waals surface area contributed by atoms with Crippen LogP contribution in [0.4, 0.5) is 8.78 Å². The van der Waals surface area contributed by atoms with Crippen molar-refractivity contribution >= 4 is 5.91 Å². The highest BCUT2D eigenvalue weighted by molar-refractivity contribution is 5.94. The number of amides is 1. The fourth-order valence-corrected chi connectivity index (χ4v) is 3.32. The largest absolute Gasteiger partial charge is 0.318 e. The Bertz CT molecular complexity index is 809. The van der Waals surface area contributed by atoms with E-state index < -0.39 is 11.8 Å². The third kappa shape index (κ3) is 3.02. The average molecular weight is 361 g/mol. The van der Waals surface area contributed by atoms with E-state index in [1.54, 1.807) is 17.0 Å². The average Bonchev–Trinajstić information content (AvgIpc) is 3.08. The van der Waals surface area contributed by atoms with Crippen LogP contribution in [-0.4, -0.2) is 26.9 Å². The van der Waals surface area contributed by atoms with Gasteiger partial charge in [-0.2, -0.15) is 0 Å². The van der Waals surface area contributed by atoms with Crippen molar-refractivity contribution < 1.29 is 13.6 Å². The zero-order chi connectivity index (χ0) is 19.1. The Labute approximate surface area is 152 Å². The number of alkyl halides is 2. The van der Waals surface area contributed by atoms with Gasteiger partial charge in [-0.25, -0.2) is 13.8 Å². The molecule has 0 radical (unpaired) electrons. The number of aryl methyl sites for hydroxylation is 1. The smallest absolute Gasteiger partial charge is 0.291 e. The van der Waals surface area contributed by atoms with Gasteiger partial charge in [-0.15, -0.1) is 0 Å². The van der Waals surface area contributed by atoms with Crippen LogP contribution in [0.1, 0.15) is 55.5 Å². The molecule has 2 heterocycles. The number of carbonyl (C=O) groups excluding carboxylic acids is 1. The number of nitrogens with zero attached hydrogens (tertiary/aromatic N) is 3. The van der Waals surface area contributed by atoms with Crippen LogP contribution in [0, 0.1) is 12.8 Å². The first-order valence-electron chi connectivity index (χ1n) is 9.12. The molecule has 0 N–H and O–H groups in total. The number of aromatic nitrogens is 2. The topological polar surface area (TPSA) is 38.1 Å². The van der Waals surface area contributed by atoms with Crippen molar-refractivity contribution in [2.75, 3.05) is 6.54 Å². The minimum absolute atomic E-state index is 0.00992. The van der Waals surface area contributed by atoms with Gasteiger partial charge in [0.15, 0.2) is 0 Å². The van der Waals surface area contributed by atoms with E-state index in [9.17, 15) is 13.6 Å². The maximum Gasteiger partial charge on any atom is 0.291 e. The Balaban J connectivity index is 1.93. The number of fused-ring (bicyclic) bond motifs is 1. The third-order valence-corrected chi connectivity index (χ3v) is 4.98. The summed E-state index contributed by atoms with van der Waals surface area (Å²) in [6, 6.07) is 6.34. The molecular formula is C20H25F2N3O. The maximum absolute atomic E-state index is 14.2. The lowest BCUT2D eigenvalue weighted by atomic mass is 9.96. The summed E-state index contributed by atoms with van der Waals surface area (Å²) in [5.41, 5.74) is 2.38. The Morgan fingerprint density at radius 2 is 1.88 bits per heavy atom. The molecule has 0 fully saturated rings. The molecule has 0 spiro atoms. The number of hydrogen-bond donors (Lipinski definition) is 0. The zero-order valence-corrected chi connectivity index (χ0v) is 15.7. The molecule has 0 saturated heterocycles. The van der Waals surface area contributed by atoms with Crippen LogP contribution in [0.25, 0.3) is 11.3 Å². The number of carbonyl (C=O) groups is 1. The summed E-state index contributed by atoms with van der Waals surface area (Å²) >= 11 is 0. The van der Waals surface area contributed by atoms with Crippen LogP contribution in [0.3, 0.4) is 0 Å². The van der Waals surface area contributed by atoms with Gasteiger partial charge in [-0.1, -0.05) is 51.5 Å². The second-order valence-electron chi connectivity index (χ2n) is 7.22. The predicted molar refractivity (Wildman–Crippen MR) is 97.1 cm³/mol. The third-order valence-electron chi connectivity index (χ3n) is 4.98. The van der Waals surface area contributed by atoms with Gasteiger partial charge in [-0.3, -0.25) is 4.79 Å². The van der Waals surface area contributed by atoms with Crippen molar-refractivity contribution in [3.63, 3.8) is 0 Å². The molecular weight excluding hydrogens is 336 g/mol. The Morgan fingerprint density at radius 1 is 1.23 bits per heavy atom. The van der Waals surface area contributed by atoms with E-state index in [4.69, 9.17) is 0 Å². The summed E-state index contributed by atoms with van der Waals surface area (Å²) in [6.07, 6.45) is 1.97. The van der Waals surface area contributed by atoms with E-state index in [0.717, 1.165) is 29.8 Å². The highest BCUT2D eigenvalue weighted by Crippen LogP contribution is 2.37. The first-order valence-corrected chi connectivity index (χ1v) is 9.12. The maximum atomic E-state index is 14.2. The van der Waals surface area contributed by atoms with E-state index in [2.05, 4.69) is 11.9 Å². The van der Waals surface area contributed by atoms with Crippen molar-refractivity contribution in [2.24, 2.45) is 5.92 Å². The van der Waals surface area contributed by atoms with Crippen LogP contribution in [-0.2, 0) is 12.6 Å². The van der Waals surface area contributed by atoms with Gasteiger partial charge in [0, 0.05) is 23.6 Å². The molecule has 0 unspecified atom stereocenters. The predicted octanol–water partition coefficient (Wildman–Crippen LogP) is 4.82. The van der Waals surface area contributed by atoms with Gasteiger partial charge in [0.2, 0.25) is 5.82 Å². The first kappa shape index (κ1) is 18.5. The zero-order valence-electron chi connectivity index (χ0n) is 15.7. The molecule has 0 saturated carbocycles. The molecule has 1 aromatic heterocycles. The summed E-state index contributed by atoms with van der Waals surface area (Å²) in [7, 11) is 0. The minimum Gasteiger partial charge on any atom is -0.318 e. The van der Waals surface area contributed by atoms with Crippen molar-refractivity contribution in [1.82, 2.24) is 14.5 Å². The molecule has 3 rings (SSSR count). The summed E-state index contributed by atoms with van der Waals surface area (Å²) in [4.78, 5) is 18.7. The lowest BCUT2D eigenvalue weighted by Gasteiger charge is -2.21. The second-order valence-corrected chi connectivity index (χ2v) is 7.22. The monoisotopic (exact) mass is 361 g/mol. The minimum atomic E-state index is -2.86. The first-order chi connectivity index (χ1) is 12.3. The van der Waals surface area contributed by atoms with Crippen molar-refractivity contribution in [3.05, 3.63) is 41.3 Å². The number of halogens is 2. The van der Waals surface area contributed by atoms with Gasteiger partial charge < -0.3 is 9.47 Å². The summed E-state index contributed by atoms with van der Waals surface area (Å²) in [6.45, 7) is 8.13. The highest BCUT2D eigenvalue weighted by atomic mass is 19.3. The van der Waals surface area contributed by atoms with Crippen LogP contribution < -0.4 is 0 Å². The molecule has 6 heteroatoms. The van der Waals surface area contributed by atoms with Gasteiger partial charge in [0.1, 0.15) is 0 Å². The Kier molecular flexibility index (Phi) is 4.86. The lowest BCUT2D eigenvalue weighted by Crippen LogP contribution is -2.26. The summed E-state index contributed by atoms with van der Waals surface area (Å²) in [5, 5.41) is 0. The number of unbranched alkanes of at least 4 members (excludes halogenated alkanes) is 1. The molecule has 4 nitrogen and oxygen atoms in total. The van der Waals surface area contributed by atoms with E-state index in [1.807, 2.05) is 11.5 Å². The van der Waals surface area contributed by atoms with Crippen LogP contribution >= 0.6 is 0 Å². The summed E-state index contributed by atoms with van der Waals surface area (Å²) < 4.78 is 30.3. The number of hydrogen-bond acceptors (Lipinski definition) is 2. The molecule has 1 aliphatic heterocycles. The second kappa shape index (κ2) is 6.82. The molecule has 1 amide bonds. The normalized spacial score (nSPS) is 14.4. The van der Waals surface area contributed by atoms with E-state index >= 15 is 0 Å². The van der Waals surface area contributed by atoms with Gasteiger partial charge in [0.25, 0.3) is 11.8 Å². The molecule has 1 aliphatic rings. The van der Waals surface area contributed by atoms with Gasteiger partial charge in [0.05, 0.1) is 18.1 Å². The Morgan fingerprint density at radius 3 is 2.46 bits per heavy atom. The number of imidazole rings is 1. The standard InChI is InChI=1S/C20H25F2N3O/c1-5-6-11-24-12-25-17(14(4)23-18(25)19(24)26)15-7-9-16(10-8-15)20(21,22)13(2)3/h7-10,13H,5-6,11-12H2,1-4H3. The SMILES string of the molecule is CCCCN1Cn2c(nc(C)c2-c2ccc(C(F)(F)C(C)C)cc2)C1=O. The lowest BCUT2D eigenvalue weighted by molar-refractivity contribution is -0.0513. The Hall–Kier alpha value is -2.24. The van der Waals surface area contributed by atoms with Crippen LogP contribution in [0.5, 0.6) is 0 Å².